The van der Waals surface area contributed by atoms with Crippen molar-refractivity contribution in [1.82, 2.24) is 5.32 Å². The number of aryl methyl sites for hydroxylation is 1. The van der Waals surface area contributed by atoms with E-state index in [-0.39, 0.29) is 18.3 Å². The maximum absolute atomic E-state index is 14.0. The molecule has 0 aliphatic heterocycles. The molecule has 1 N–H and O–H groups in total. The van der Waals surface area contributed by atoms with Gasteiger partial charge in [-0.2, -0.15) is 0 Å². The predicted molar refractivity (Wildman–Crippen MR) is 102 cm³/mol. The van der Waals surface area contributed by atoms with Crippen LogP contribution in [0.1, 0.15) is 18.1 Å². The van der Waals surface area contributed by atoms with Crippen molar-refractivity contribution in [2.45, 2.75) is 26.5 Å². The Kier molecular flexibility index (Phi) is 6.42. The zero-order valence-corrected chi connectivity index (χ0v) is 16.4. The van der Waals surface area contributed by atoms with Crippen LogP contribution in [-0.4, -0.2) is 26.1 Å². The van der Waals surface area contributed by atoms with Gasteiger partial charge in [-0.05, 0) is 65.2 Å². The van der Waals surface area contributed by atoms with E-state index in [1.54, 1.807) is 38.1 Å². The fourth-order valence-electron chi connectivity index (χ4n) is 2.30. The molecule has 134 valence electrons. The molecular weight excluding hydrogens is 387 g/mol. The van der Waals surface area contributed by atoms with E-state index < -0.39 is 6.10 Å². The summed E-state index contributed by atoms with van der Waals surface area (Å²) in [5.41, 5.74) is 2.30. The third-order valence-corrected chi connectivity index (χ3v) is 4.34. The van der Waals surface area contributed by atoms with Crippen LogP contribution in [0.2, 0.25) is 0 Å². The molecule has 1 atom stereocenters. The van der Waals surface area contributed by atoms with Crippen molar-refractivity contribution in [2.75, 3.05) is 19.0 Å². The van der Waals surface area contributed by atoms with Gasteiger partial charge >= 0.3 is 0 Å². The smallest absolute Gasteiger partial charge is 0.261 e. The Morgan fingerprint density at radius 3 is 2.60 bits per heavy atom. The number of benzene rings is 2. The molecular formula is C19H22BrFN2O2. The summed E-state index contributed by atoms with van der Waals surface area (Å²) in [4.78, 5) is 13.9. The molecule has 0 bridgehead atoms. The first-order chi connectivity index (χ1) is 11.8. The molecule has 0 aromatic heterocycles. The Morgan fingerprint density at radius 1 is 1.28 bits per heavy atom. The van der Waals surface area contributed by atoms with Gasteiger partial charge in [0.1, 0.15) is 11.6 Å². The van der Waals surface area contributed by atoms with Crippen LogP contribution in [0.25, 0.3) is 0 Å². The zero-order chi connectivity index (χ0) is 18.6. The predicted octanol–water partition coefficient (Wildman–Crippen LogP) is 4.05. The molecule has 6 heteroatoms. The summed E-state index contributed by atoms with van der Waals surface area (Å²) in [6, 6.07) is 10.6. The molecule has 1 amide bonds. The van der Waals surface area contributed by atoms with Crippen LogP contribution >= 0.6 is 15.9 Å². The molecule has 0 radical (unpaired) electrons. The number of amides is 1. The molecule has 0 aliphatic carbocycles. The minimum Gasteiger partial charge on any atom is -0.480 e. The Hall–Kier alpha value is -2.08. The van der Waals surface area contributed by atoms with Crippen molar-refractivity contribution in [3.8, 4) is 5.75 Å². The summed E-state index contributed by atoms with van der Waals surface area (Å²) >= 11 is 3.42. The average molecular weight is 409 g/mol. The van der Waals surface area contributed by atoms with Crippen LogP contribution in [-0.2, 0) is 11.3 Å². The number of ether oxygens (including phenoxy) is 1. The average Bonchev–Trinajstić information content (AvgIpc) is 2.54. The van der Waals surface area contributed by atoms with E-state index in [1.165, 1.54) is 6.07 Å². The SMILES string of the molecule is Cc1ccc(O[C@@H](C)C(=O)NCc2ccc(N(C)C)c(F)c2)c(Br)c1. The second-order valence-corrected chi connectivity index (χ2v) is 6.95. The first-order valence-corrected chi connectivity index (χ1v) is 8.73. The number of nitrogens with zero attached hydrogens (tertiary/aromatic N) is 1. The fraction of sp³-hybridized carbons (Fsp3) is 0.316. The number of carbonyl (C=O) groups excluding carboxylic acids is 1. The van der Waals surface area contributed by atoms with Crippen molar-refractivity contribution in [3.63, 3.8) is 0 Å². The first kappa shape index (κ1) is 19.2. The number of carbonyl (C=O) groups is 1. The van der Waals surface area contributed by atoms with Gasteiger partial charge in [-0.1, -0.05) is 12.1 Å². The number of nitrogens with one attached hydrogen (secondary N) is 1. The molecule has 2 rings (SSSR count). The second kappa shape index (κ2) is 8.34. The van der Waals surface area contributed by atoms with Gasteiger partial charge in [0.2, 0.25) is 0 Å². The number of hydrogen-bond acceptors (Lipinski definition) is 3. The third-order valence-electron chi connectivity index (χ3n) is 3.72. The van der Waals surface area contributed by atoms with Crippen molar-refractivity contribution in [3.05, 3.63) is 57.8 Å². The molecule has 0 spiro atoms. The molecule has 2 aromatic rings. The summed E-state index contributed by atoms with van der Waals surface area (Å²) < 4.78 is 20.4. The lowest BCUT2D eigenvalue weighted by atomic mass is 10.2. The summed E-state index contributed by atoms with van der Waals surface area (Å²) in [6.45, 7) is 3.90. The largest absolute Gasteiger partial charge is 0.480 e. The lowest BCUT2D eigenvalue weighted by Crippen LogP contribution is -2.36. The Bertz CT molecular complexity index is 765. The van der Waals surface area contributed by atoms with E-state index in [4.69, 9.17) is 4.74 Å². The molecule has 2 aromatic carbocycles. The molecule has 0 fully saturated rings. The van der Waals surface area contributed by atoms with Crippen LogP contribution in [0.4, 0.5) is 10.1 Å². The lowest BCUT2D eigenvalue weighted by molar-refractivity contribution is -0.127. The van der Waals surface area contributed by atoms with E-state index in [0.29, 0.717) is 17.0 Å². The van der Waals surface area contributed by atoms with Gasteiger partial charge in [0.25, 0.3) is 5.91 Å². The third kappa shape index (κ3) is 5.19. The van der Waals surface area contributed by atoms with Crippen molar-refractivity contribution >= 4 is 27.5 Å². The highest BCUT2D eigenvalue weighted by Crippen LogP contribution is 2.26. The standard InChI is InChI=1S/C19H22BrFN2O2/c1-12-5-8-18(15(20)9-12)25-13(2)19(24)22-11-14-6-7-17(23(3)4)16(21)10-14/h5-10,13H,11H2,1-4H3,(H,22,24)/t13-/m0/s1. The normalized spacial score (nSPS) is 11.8. The Balaban J connectivity index is 1.94. The summed E-state index contributed by atoms with van der Waals surface area (Å²) in [6.07, 6.45) is -0.662. The Labute approximate surface area is 156 Å². The molecule has 4 nitrogen and oxygen atoms in total. The molecule has 0 heterocycles. The highest BCUT2D eigenvalue weighted by Gasteiger charge is 2.16. The minimum absolute atomic E-state index is 0.242. The zero-order valence-electron chi connectivity index (χ0n) is 14.8. The summed E-state index contributed by atoms with van der Waals surface area (Å²) in [5.74, 6) is 0.0313. The quantitative estimate of drug-likeness (QED) is 0.783. The molecule has 0 unspecified atom stereocenters. The lowest BCUT2D eigenvalue weighted by Gasteiger charge is -2.17. The number of hydrogen-bond donors (Lipinski definition) is 1. The molecule has 0 saturated carbocycles. The second-order valence-electron chi connectivity index (χ2n) is 6.09. The summed E-state index contributed by atoms with van der Waals surface area (Å²) in [7, 11) is 3.56. The van der Waals surface area contributed by atoms with Crippen molar-refractivity contribution < 1.29 is 13.9 Å². The van der Waals surface area contributed by atoms with E-state index >= 15 is 0 Å². The van der Waals surface area contributed by atoms with E-state index in [9.17, 15) is 9.18 Å². The molecule has 0 saturated heterocycles. The van der Waals surface area contributed by atoms with Crippen molar-refractivity contribution in [2.24, 2.45) is 0 Å². The van der Waals surface area contributed by atoms with Crippen LogP contribution < -0.4 is 15.0 Å². The van der Waals surface area contributed by atoms with E-state index in [0.717, 1.165) is 10.0 Å². The highest BCUT2D eigenvalue weighted by atomic mass is 79.9. The Morgan fingerprint density at radius 2 is 2.00 bits per heavy atom. The van der Waals surface area contributed by atoms with Crippen LogP contribution in [0.5, 0.6) is 5.75 Å². The first-order valence-electron chi connectivity index (χ1n) is 7.94. The maximum Gasteiger partial charge on any atom is 0.261 e. The van der Waals surface area contributed by atoms with Gasteiger partial charge in [-0.15, -0.1) is 0 Å². The van der Waals surface area contributed by atoms with Crippen LogP contribution in [0.15, 0.2) is 40.9 Å². The molecule has 0 aliphatic rings. The van der Waals surface area contributed by atoms with E-state index in [1.807, 2.05) is 25.1 Å². The van der Waals surface area contributed by atoms with Gasteiger partial charge in [0.15, 0.2) is 6.10 Å². The molecule has 25 heavy (non-hydrogen) atoms. The number of anilines is 1. The van der Waals surface area contributed by atoms with Gasteiger partial charge in [-0.25, -0.2) is 4.39 Å². The van der Waals surface area contributed by atoms with Crippen molar-refractivity contribution in [1.29, 1.82) is 0 Å². The monoisotopic (exact) mass is 408 g/mol. The van der Waals surface area contributed by atoms with Gasteiger partial charge in [-0.3, -0.25) is 4.79 Å². The van der Waals surface area contributed by atoms with Crippen LogP contribution in [0, 0.1) is 12.7 Å². The van der Waals surface area contributed by atoms with Crippen LogP contribution in [0.3, 0.4) is 0 Å². The van der Waals surface area contributed by atoms with Gasteiger partial charge in [0, 0.05) is 20.6 Å². The maximum atomic E-state index is 14.0. The fourth-order valence-corrected chi connectivity index (χ4v) is 2.89. The van der Waals surface area contributed by atoms with E-state index in [2.05, 4.69) is 21.2 Å². The number of rotatable bonds is 6. The summed E-state index contributed by atoms with van der Waals surface area (Å²) in [5, 5.41) is 2.77. The number of halogens is 2. The highest BCUT2D eigenvalue weighted by molar-refractivity contribution is 9.10. The van der Waals surface area contributed by atoms with Gasteiger partial charge in [0.05, 0.1) is 10.2 Å². The topological polar surface area (TPSA) is 41.6 Å². The minimum atomic E-state index is -0.662. The van der Waals surface area contributed by atoms with Gasteiger partial charge < -0.3 is 15.0 Å².